The summed E-state index contributed by atoms with van der Waals surface area (Å²) >= 11 is 0. The van der Waals surface area contributed by atoms with Gasteiger partial charge in [-0.05, 0) is 17.7 Å². The molecular weight excluding hydrogens is 306 g/mol. The van der Waals surface area contributed by atoms with E-state index in [2.05, 4.69) is 30.7 Å². The number of hydrogen-bond donors (Lipinski definition) is 3. The van der Waals surface area contributed by atoms with Gasteiger partial charge < -0.3 is 15.6 Å². The van der Waals surface area contributed by atoms with Gasteiger partial charge in [0.05, 0.1) is 17.7 Å². The SMILES string of the molecule is O=C(NCc1ccc(-n2cncn2)cc1)C1NCCc2[nH]cnc21. The molecule has 3 aromatic rings. The van der Waals surface area contributed by atoms with Gasteiger partial charge in [-0.1, -0.05) is 12.1 Å². The van der Waals surface area contributed by atoms with Crippen LogP contribution in [0.4, 0.5) is 0 Å². The Morgan fingerprint density at radius 2 is 2.21 bits per heavy atom. The van der Waals surface area contributed by atoms with Crippen LogP contribution in [0.5, 0.6) is 0 Å². The van der Waals surface area contributed by atoms with Crippen LogP contribution in [0, 0.1) is 0 Å². The number of H-pyrrole nitrogens is 1. The van der Waals surface area contributed by atoms with Crippen LogP contribution in [-0.2, 0) is 17.8 Å². The van der Waals surface area contributed by atoms with Crippen LogP contribution in [0.25, 0.3) is 5.69 Å². The Balaban J connectivity index is 1.40. The fourth-order valence-electron chi connectivity index (χ4n) is 2.83. The second-order valence-electron chi connectivity index (χ2n) is 5.63. The third-order valence-corrected chi connectivity index (χ3v) is 4.10. The second-order valence-corrected chi connectivity index (χ2v) is 5.63. The second kappa shape index (κ2) is 6.25. The van der Waals surface area contributed by atoms with E-state index >= 15 is 0 Å². The smallest absolute Gasteiger partial charge is 0.243 e. The highest BCUT2D eigenvalue weighted by Gasteiger charge is 2.28. The van der Waals surface area contributed by atoms with Crippen molar-refractivity contribution in [1.82, 2.24) is 35.4 Å². The molecule has 24 heavy (non-hydrogen) atoms. The molecule has 0 saturated heterocycles. The van der Waals surface area contributed by atoms with E-state index in [1.807, 2.05) is 24.3 Å². The molecule has 4 rings (SSSR count). The van der Waals surface area contributed by atoms with Crippen LogP contribution in [0.1, 0.15) is 23.0 Å². The Kier molecular flexibility index (Phi) is 3.80. The van der Waals surface area contributed by atoms with Crippen molar-refractivity contribution in [3.8, 4) is 5.69 Å². The zero-order valence-corrected chi connectivity index (χ0v) is 12.9. The van der Waals surface area contributed by atoms with E-state index in [4.69, 9.17) is 0 Å². The number of imidazole rings is 1. The molecule has 8 heteroatoms. The molecule has 1 aliphatic heterocycles. The Bertz CT molecular complexity index is 823. The molecule has 0 saturated carbocycles. The number of nitrogens with one attached hydrogen (secondary N) is 3. The van der Waals surface area contributed by atoms with Crippen molar-refractivity contribution in [3.63, 3.8) is 0 Å². The highest BCUT2D eigenvalue weighted by Crippen LogP contribution is 2.19. The number of hydrogen-bond acceptors (Lipinski definition) is 5. The van der Waals surface area contributed by atoms with Gasteiger partial charge in [0.1, 0.15) is 18.7 Å². The number of nitrogens with zero attached hydrogens (tertiary/aromatic N) is 4. The summed E-state index contributed by atoms with van der Waals surface area (Å²) in [6.07, 6.45) is 5.64. The zero-order valence-electron chi connectivity index (χ0n) is 12.9. The molecule has 122 valence electrons. The van der Waals surface area contributed by atoms with Gasteiger partial charge >= 0.3 is 0 Å². The predicted octanol–water partition coefficient (Wildman–Crippen LogP) is 0.494. The molecule has 8 nitrogen and oxygen atoms in total. The lowest BCUT2D eigenvalue weighted by Crippen LogP contribution is -2.41. The Hall–Kier alpha value is -3.00. The summed E-state index contributed by atoms with van der Waals surface area (Å²) in [6.45, 7) is 1.23. The number of aromatic amines is 1. The first-order valence-electron chi connectivity index (χ1n) is 7.78. The quantitative estimate of drug-likeness (QED) is 0.649. The van der Waals surface area contributed by atoms with E-state index in [1.54, 1.807) is 17.3 Å². The summed E-state index contributed by atoms with van der Waals surface area (Å²) in [6, 6.07) is 7.42. The Morgan fingerprint density at radius 1 is 1.33 bits per heavy atom. The molecule has 0 fully saturated rings. The molecule has 1 amide bonds. The Morgan fingerprint density at radius 3 is 3.00 bits per heavy atom. The number of rotatable bonds is 4. The van der Waals surface area contributed by atoms with Crippen LogP contribution in [0.2, 0.25) is 0 Å². The number of amides is 1. The average molecular weight is 323 g/mol. The maximum Gasteiger partial charge on any atom is 0.243 e. The molecule has 1 atom stereocenters. The third-order valence-electron chi connectivity index (χ3n) is 4.10. The molecule has 1 unspecified atom stereocenters. The fourth-order valence-corrected chi connectivity index (χ4v) is 2.83. The largest absolute Gasteiger partial charge is 0.350 e. The van der Waals surface area contributed by atoms with Crippen molar-refractivity contribution in [2.24, 2.45) is 0 Å². The lowest BCUT2D eigenvalue weighted by atomic mass is 10.0. The van der Waals surface area contributed by atoms with Crippen LogP contribution in [-0.4, -0.2) is 37.2 Å². The van der Waals surface area contributed by atoms with Crippen molar-refractivity contribution in [2.75, 3.05) is 6.54 Å². The summed E-state index contributed by atoms with van der Waals surface area (Å²) in [4.78, 5) is 23.7. The molecule has 0 spiro atoms. The highest BCUT2D eigenvalue weighted by molar-refractivity contribution is 5.83. The molecule has 2 aromatic heterocycles. The van der Waals surface area contributed by atoms with Gasteiger partial charge in [-0.2, -0.15) is 5.10 Å². The maximum absolute atomic E-state index is 12.4. The van der Waals surface area contributed by atoms with Gasteiger partial charge in [-0.15, -0.1) is 0 Å². The fraction of sp³-hybridized carbons (Fsp3) is 0.250. The minimum absolute atomic E-state index is 0.0663. The summed E-state index contributed by atoms with van der Waals surface area (Å²) in [5, 5.41) is 10.3. The van der Waals surface area contributed by atoms with Gasteiger partial charge in [0.15, 0.2) is 0 Å². The molecule has 1 aliphatic rings. The van der Waals surface area contributed by atoms with E-state index < -0.39 is 6.04 Å². The van der Waals surface area contributed by atoms with Crippen molar-refractivity contribution < 1.29 is 4.79 Å². The molecular formula is C16H17N7O. The molecule has 0 radical (unpaired) electrons. The van der Waals surface area contributed by atoms with E-state index in [-0.39, 0.29) is 5.91 Å². The predicted molar refractivity (Wildman–Crippen MR) is 86.2 cm³/mol. The van der Waals surface area contributed by atoms with Crippen LogP contribution in [0.15, 0.2) is 43.2 Å². The van der Waals surface area contributed by atoms with Crippen molar-refractivity contribution in [1.29, 1.82) is 0 Å². The minimum Gasteiger partial charge on any atom is -0.350 e. The van der Waals surface area contributed by atoms with Gasteiger partial charge in [0.2, 0.25) is 5.91 Å². The van der Waals surface area contributed by atoms with Gasteiger partial charge in [0.25, 0.3) is 0 Å². The zero-order chi connectivity index (χ0) is 16.4. The molecule has 1 aromatic carbocycles. The van der Waals surface area contributed by atoms with E-state index in [9.17, 15) is 4.79 Å². The number of aromatic nitrogens is 5. The number of fused-ring (bicyclic) bond motifs is 1. The number of carbonyl (C=O) groups excluding carboxylic acids is 1. The van der Waals surface area contributed by atoms with E-state index in [0.29, 0.717) is 6.54 Å². The molecule has 0 aliphatic carbocycles. The van der Waals surface area contributed by atoms with E-state index in [0.717, 1.165) is 35.6 Å². The van der Waals surface area contributed by atoms with Crippen molar-refractivity contribution in [2.45, 2.75) is 19.0 Å². The summed E-state index contributed by atoms with van der Waals surface area (Å²) in [7, 11) is 0. The minimum atomic E-state index is -0.394. The van der Waals surface area contributed by atoms with Crippen molar-refractivity contribution >= 4 is 5.91 Å². The lowest BCUT2D eigenvalue weighted by Gasteiger charge is -2.22. The maximum atomic E-state index is 12.4. The number of benzene rings is 1. The average Bonchev–Trinajstić information content (AvgIpc) is 3.31. The first kappa shape index (κ1) is 14.6. The lowest BCUT2D eigenvalue weighted by molar-refractivity contribution is -0.123. The van der Waals surface area contributed by atoms with Gasteiger partial charge in [0, 0.05) is 25.2 Å². The topological polar surface area (TPSA) is 101 Å². The monoisotopic (exact) mass is 323 g/mol. The molecule has 3 N–H and O–H groups in total. The first-order chi connectivity index (χ1) is 11.8. The van der Waals surface area contributed by atoms with Crippen LogP contribution < -0.4 is 10.6 Å². The van der Waals surface area contributed by atoms with Crippen molar-refractivity contribution in [3.05, 3.63) is 60.2 Å². The standard InChI is InChI=1S/C16H17N7O/c24-16(15-14-13(5-6-18-15)20-9-21-14)19-7-11-1-3-12(4-2-11)23-10-17-8-22-23/h1-4,8-10,15,18H,5-7H2,(H,19,24)(H,20,21). The molecule has 3 heterocycles. The third kappa shape index (κ3) is 2.79. The summed E-state index contributed by atoms with van der Waals surface area (Å²) < 4.78 is 1.69. The first-order valence-corrected chi connectivity index (χ1v) is 7.78. The van der Waals surface area contributed by atoms with E-state index in [1.165, 1.54) is 6.33 Å². The molecule has 0 bridgehead atoms. The summed E-state index contributed by atoms with van der Waals surface area (Å²) in [5.41, 5.74) is 3.77. The van der Waals surface area contributed by atoms with Crippen LogP contribution in [0.3, 0.4) is 0 Å². The number of carbonyl (C=O) groups is 1. The highest BCUT2D eigenvalue weighted by atomic mass is 16.2. The summed E-state index contributed by atoms with van der Waals surface area (Å²) in [5.74, 6) is -0.0663. The van der Waals surface area contributed by atoms with Gasteiger partial charge in [-0.3, -0.25) is 4.79 Å². The Labute approximate surface area is 138 Å². The van der Waals surface area contributed by atoms with Crippen LogP contribution >= 0.6 is 0 Å². The normalized spacial score (nSPS) is 16.6. The van der Waals surface area contributed by atoms with Gasteiger partial charge in [-0.25, -0.2) is 14.6 Å².